The largest absolute Gasteiger partial charge is 0.339 e. The summed E-state index contributed by atoms with van der Waals surface area (Å²) in [5.74, 6) is 1.63. The number of amides is 1. The molecule has 0 aliphatic rings. The van der Waals surface area contributed by atoms with E-state index in [1.807, 2.05) is 31.2 Å². The number of aromatic nitrogens is 5. The van der Waals surface area contributed by atoms with Gasteiger partial charge in [0.15, 0.2) is 10.6 Å². The van der Waals surface area contributed by atoms with Gasteiger partial charge < -0.3 is 9.84 Å². The van der Waals surface area contributed by atoms with E-state index in [0.29, 0.717) is 28.6 Å². The average Bonchev–Trinajstić information content (AvgIpc) is 3.11. The van der Waals surface area contributed by atoms with Crippen molar-refractivity contribution < 1.29 is 9.32 Å². The molecule has 124 valence electrons. The number of carbonyl (C=O) groups is 1. The molecule has 0 spiro atoms. The summed E-state index contributed by atoms with van der Waals surface area (Å²) < 4.78 is 7.29. The van der Waals surface area contributed by atoms with E-state index in [2.05, 4.69) is 25.7 Å². The summed E-state index contributed by atoms with van der Waals surface area (Å²) in [5.41, 5.74) is 1.51. The highest BCUT2D eigenvalue weighted by Gasteiger charge is 2.09. The number of hydrogen-bond donors (Lipinski definition) is 2. The summed E-state index contributed by atoms with van der Waals surface area (Å²) in [6, 6.07) is 7.40. The molecule has 0 fully saturated rings. The first-order chi connectivity index (χ1) is 11.5. The van der Waals surface area contributed by atoms with Crippen molar-refractivity contribution in [2.24, 2.45) is 0 Å². The molecule has 0 radical (unpaired) electrons. The van der Waals surface area contributed by atoms with E-state index in [-0.39, 0.29) is 12.3 Å². The lowest BCUT2D eigenvalue weighted by atomic mass is 10.2. The highest BCUT2D eigenvalue weighted by atomic mass is 32.1. The van der Waals surface area contributed by atoms with Crippen molar-refractivity contribution in [3.8, 4) is 5.69 Å². The number of aromatic amines is 1. The molecule has 3 aromatic rings. The molecular formula is C15H16N6O2S. The first-order valence-corrected chi connectivity index (χ1v) is 7.77. The van der Waals surface area contributed by atoms with Crippen molar-refractivity contribution in [2.75, 3.05) is 5.32 Å². The predicted octanol–water partition coefficient (Wildman–Crippen LogP) is 2.50. The second kappa shape index (κ2) is 6.75. The Morgan fingerprint density at radius 3 is 2.92 bits per heavy atom. The van der Waals surface area contributed by atoms with Crippen molar-refractivity contribution in [1.82, 2.24) is 24.9 Å². The minimum absolute atomic E-state index is 0.129. The van der Waals surface area contributed by atoms with Crippen LogP contribution in [0.25, 0.3) is 5.69 Å². The van der Waals surface area contributed by atoms with Gasteiger partial charge in [0, 0.05) is 18.5 Å². The number of nitrogens with one attached hydrogen (secondary N) is 2. The molecule has 0 bridgehead atoms. The van der Waals surface area contributed by atoms with Crippen LogP contribution in [0.1, 0.15) is 24.0 Å². The number of benzene rings is 1. The molecule has 0 saturated carbocycles. The summed E-state index contributed by atoms with van der Waals surface area (Å²) >= 11 is 5.22. The zero-order valence-corrected chi connectivity index (χ0v) is 14.1. The number of carbonyl (C=O) groups excluding carboxylic acids is 1. The maximum absolute atomic E-state index is 12.1. The van der Waals surface area contributed by atoms with Crippen LogP contribution in [0.3, 0.4) is 0 Å². The minimum Gasteiger partial charge on any atom is -0.339 e. The number of nitrogens with zero attached hydrogens (tertiary/aromatic N) is 4. The van der Waals surface area contributed by atoms with Crippen molar-refractivity contribution in [2.45, 2.75) is 26.7 Å². The van der Waals surface area contributed by atoms with E-state index in [4.69, 9.17) is 16.7 Å². The molecule has 2 N–H and O–H groups in total. The normalized spacial score (nSPS) is 10.8. The number of rotatable bonds is 5. The maximum Gasteiger partial charge on any atom is 0.227 e. The molecule has 1 amide bonds. The molecule has 0 saturated heterocycles. The fraction of sp³-hybridized carbons (Fsp3) is 0.267. The Bertz CT molecular complexity index is 926. The van der Waals surface area contributed by atoms with Gasteiger partial charge in [-0.25, -0.2) is 0 Å². The number of hydrogen-bond acceptors (Lipinski definition) is 6. The Hall–Kier alpha value is -2.81. The summed E-state index contributed by atoms with van der Waals surface area (Å²) in [7, 11) is 0. The van der Waals surface area contributed by atoms with Crippen molar-refractivity contribution in [3.63, 3.8) is 0 Å². The quantitative estimate of drug-likeness (QED) is 0.690. The highest BCUT2D eigenvalue weighted by Crippen LogP contribution is 2.16. The third-order valence-electron chi connectivity index (χ3n) is 3.36. The predicted molar refractivity (Wildman–Crippen MR) is 89.5 cm³/mol. The Morgan fingerprint density at radius 1 is 1.42 bits per heavy atom. The van der Waals surface area contributed by atoms with Crippen LogP contribution in [-0.2, 0) is 11.2 Å². The maximum atomic E-state index is 12.1. The first kappa shape index (κ1) is 16.1. The van der Waals surface area contributed by atoms with Crippen LogP contribution in [0.2, 0.25) is 0 Å². The fourth-order valence-electron chi connectivity index (χ4n) is 2.29. The Kier molecular flexibility index (Phi) is 4.52. The Morgan fingerprint density at radius 2 is 2.25 bits per heavy atom. The van der Waals surface area contributed by atoms with Crippen LogP contribution >= 0.6 is 12.2 Å². The van der Waals surface area contributed by atoms with E-state index in [1.54, 1.807) is 11.5 Å². The number of H-pyrrole nitrogens is 1. The fourth-order valence-corrected chi connectivity index (χ4v) is 2.57. The molecule has 0 aliphatic heterocycles. The van der Waals surface area contributed by atoms with Crippen molar-refractivity contribution >= 4 is 23.8 Å². The molecule has 0 atom stereocenters. The molecule has 1 aromatic carbocycles. The molecule has 0 aliphatic carbocycles. The first-order valence-electron chi connectivity index (χ1n) is 7.36. The molecule has 2 aromatic heterocycles. The lowest BCUT2D eigenvalue weighted by molar-refractivity contribution is -0.116. The zero-order chi connectivity index (χ0) is 17.1. The van der Waals surface area contributed by atoms with Gasteiger partial charge in [0.25, 0.3) is 0 Å². The van der Waals surface area contributed by atoms with Gasteiger partial charge in [0.05, 0.1) is 5.69 Å². The average molecular weight is 344 g/mol. The lowest BCUT2D eigenvalue weighted by Crippen LogP contribution is -2.12. The van der Waals surface area contributed by atoms with Crippen LogP contribution in [-0.4, -0.2) is 30.8 Å². The third-order valence-corrected chi connectivity index (χ3v) is 3.64. The minimum atomic E-state index is -0.129. The van der Waals surface area contributed by atoms with E-state index in [1.165, 1.54) is 0 Å². The van der Waals surface area contributed by atoms with Gasteiger partial charge in [-0.15, -0.1) is 0 Å². The SMILES string of the molecule is Cc1noc(CCC(=O)Nc2cccc(-n3c(C)n[nH]c3=S)c2)n1. The van der Waals surface area contributed by atoms with Gasteiger partial charge in [-0.05, 0) is 44.3 Å². The second-order valence-corrected chi connectivity index (χ2v) is 5.63. The monoisotopic (exact) mass is 344 g/mol. The van der Waals surface area contributed by atoms with E-state index < -0.39 is 0 Å². The van der Waals surface area contributed by atoms with Crippen molar-refractivity contribution in [1.29, 1.82) is 0 Å². The standard InChI is InChI=1S/C15H16N6O2S/c1-9-16-14(23-20-9)7-6-13(22)17-11-4-3-5-12(8-11)21-10(2)18-19-15(21)24/h3-5,8H,6-7H2,1-2H3,(H,17,22)(H,19,24). The van der Waals surface area contributed by atoms with Crippen LogP contribution in [0.4, 0.5) is 5.69 Å². The third kappa shape index (κ3) is 3.57. The smallest absolute Gasteiger partial charge is 0.227 e. The van der Waals surface area contributed by atoms with E-state index >= 15 is 0 Å². The summed E-state index contributed by atoms with van der Waals surface area (Å²) in [5, 5.41) is 13.4. The molecule has 2 heterocycles. The van der Waals surface area contributed by atoms with E-state index in [0.717, 1.165) is 11.5 Å². The van der Waals surface area contributed by atoms with Crippen molar-refractivity contribution in [3.05, 3.63) is 46.6 Å². The van der Waals surface area contributed by atoms with Crippen LogP contribution in [0.5, 0.6) is 0 Å². The van der Waals surface area contributed by atoms with Gasteiger partial charge in [-0.3, -0.25) is 14.5 Å². The molecule has 8 nitrogen and oxygen atoms in total. The number of aryl methyl sites for hydroxylation is 3. The van der Waals surface area contributed by atoms with Gasteiger partial charge in [-0.2, -0.15) is 10.1 Å². The van der Waals surface area contributed by atoms with Crippen LogP contribution < -0.4 is 5.32 Å². The van der Waals surface area contributed by atoms with Gasteiger partial charge in [0.2, 0.25) is 11.8 Å². The lowest BCUT2D eigenvalue weighted by Gasteiger charge is -2.08. The zero-order valence-electron chi connectivity index (χ0n) is 13.2. The Balaban J connectivity index is 1.68. The molecule has 0 unspecified atom stereocenters. The highest BCUT2D eigenvalue weighted by molar-refractivity contribution is 7.71. The molecule has 3 rings (SSSR count). The summed E-state index contributed by atoms with van der Waals surface area (Å²) in [6.07, 6.45) is 0.661. The molecule has 24 heavy (non-hydrogen) atoms. The molecular weight excluding hydrogens is 328 g/mol. The van der Waals surface area contributed by atoms with Gasteiger partial charge in [0.1, 0.15) is 5.82 Å². The van der Waals surface area contributed by atoms with Gasteiger partial charge >= 0.3 is 0 Å². The summed E-state index contributed by atoms with van der Waals surface area (Å²) in [6.45, 7) is 3.59. The molecule has 9 heteroatoms. The van der Waals surface area contributed by atoms with Crippen LogP contribution in [0.15, 0.2) is 28.8 Å². The Labute approximate surface area is 142 Å². The number of anilines is 1. The second-order valence-electron chi connectivity index (χ2n) is 5.25. The van der Waals surface area contributed by atoms with Gasteiger partial charge in [-0.1, -0.05) is 11.2 Å². The topological polar surface area (TPSA) is 102 Å². The van der Waals surface area contributed by atoms with Crippen LogP contribution in [0, 0.1) is 18.6 Å². The summed E-state index contributed by atoms with van der Waals surface area (Å²) in [4.78, 5) is 16.2. The van der Waals surface area contributed by atoms with E-state index in [9.17, 15) is 4.79 Å².